The lowest BCUT2D eigenvalue weighted by Crippen LogP contribution is -2.36. The molecule has 1 fully saturated rings. The Kier molecular flexibility index (Phi) is 5.66. The van der Waals surface area contributed by atoms with E-state index in [0.717, 1.165) is 0 Å². The zero-order valence-corrected chi connectivity index (χ0v) is 16.3. The average Bonchev–Trinajstić information content (AvgIpc) is 3.15. The van der Waals surface area contributed by atoms with Gasteiger partial charge in [0.25, 0.3) is 0 Å². The third-order valence-corrected chi connectivity index (χ3v) is 4.75. The fourth-order valence-electron chi connectivity index (χ4n) is 2.96. The molecule has 2 aromatic carbocycles. The first-order valence-electron chi connectivity index (χ1n) is 8.71. The third kappa shape index (κ3) is 4.38. The Hall–Kier alpha value is -2.35. The quantitative estimate of drug-likeness (QED) is 0.618. The predicted octanol–water partition coefficient (Wildman–Crippen LogP) is 4.13. The summed E-state index contributed by atoms with van der Waals surface area (Å²) in [5.74, 6) is 0.231. The number of nitrogens with zero attached hydrogens (tertiary/aromatic N) is 4. The molecule has 2 heterocycles. The van der Waals surface area contributed by atoms with Gasteiger partial charge in [0.2, 0.25) is 0 Å². The van der Waals surface area contributed by atoms with Gasteiger partial charge in [0, 0.05) is 29.2 Å². The molecule has 0 amide bonds. The minimum absolute atomic E-state index is 0.186. The van der Waals surface area contributed by atoms with Crippen molar-refractivity contribution in [1.29, 1.82) is 0 Å². The van der Waals surface area contributed by atoms with Gasteiger partial charge in [-0.05, 0) is 30.3 Å². The Bertz CT molecular complexity index is 956. The second-order valence-corrected chi connectivity index (χ2v) is 7.16. The molecule has 1 aliphatic heterocycles. The molecule has 146 valence electrons. The molecule has 28 heavy (non-hydrogen) atoms. The Balaban J connectivity index is 1.45. The van der Waals surface area contributed by atoms with Crippen LogP contribution in [0.3, 0.4) is 0 Å². The van der Waals surface area contributed by atoms with Crippen LogP contribution >= 0.6 is 23.2 Å². The number of ether oxygens (including phenoxy) is 2. The van der Waals surface area contributed by atoms with Crippen LogP contribution in [-0.4, -0.2) is 41.3 Å². The van der Waals surface area contributed by atoms with Gasteiger partial charge in [-0.1, -0.05) is 28.4 Å². The zero-order valence-electron chi connectivity index (χ0n) is 14.8. The predicted molar refractivity (Wildman–Crippen MR) is 105 cm³/mol. The summed E-state index contributed by atoms with van der Waals surface area (Å²) < 4.78 is 27.0. The zero-order chi connectivity index (χ0) is 19.5. The maximum Gasteiger partial charge on any atom is 0.148 e. The van der Waals surface area contributed by atoms with E-state index in [9.17, 15) is 4.39 Å². The maximum absolute atomic E-state index is 14.6. The molecule has 0 spiro atoms. The highest BCUT2D eigenvalue weighted by Crippen LogP contribution is 2.25. The van der Waals surface area contributed by atoms with E-state index in [4.69, 9.17) is 32.7 Å². The van der Waals surface area contributed by atoms with Crippen molar-refractivity contribution in [3.05, 3.63) is 64.2 Å². The van der Waals surface area contributed by atoms with E-state index in [1.165, 1.54) is 10.7 Å². The van der Waals surface area contributed by atoms with Gasteiger partial charge in [-0.2, -0.15) is 0 Å². The van der Waals surface area contributed by atoms with Crippen LogP contribution in [-0.2, 0) is 11.3 Å². The first kappa shape index (κ1) is 19.0. The number of hydrogen-bond donors (Lipinski definition) is 0. The second kappa shape index (κ2) is 8.34. The number of benzene rings is 2. The minimum atomic E-state index is -0.304. The Morgan fingerprint density at radius 2 is 1.82 bits per heavy atom. The van der Waals surface area contributed by atoms with Crippen LogP contribution in [0, 0.1) is 5.82 Å². The number of aromatic nitrogens is 3. The van der Waals surface area contributed by atoms with E-state index in [1.807, 2.05) is 11.0 Å². The van der Waals surface area contributed by atoms with Crippen molar-refractivity contribution in [2.24, 2.45) is 0 Å². The number of hydrogen-bond acceptors (Lipinski definition) is 5. The van der Waals surface area contributed by atoms with Crippen LogP contribution in [0.5, 0.6) is 5.75 Å². The van der Waals surface area contributed by atoms with E-state index in [0.29, 0.717) is 59.2 Å². The summed E-state index contributed by atoms with van der Waals surface area (Å²) in [6.45, 7) is 2.74. The monoisotopic (exact) mass is 422 g/mol. The molecular weight excluding hydrogens is 406 g/mol. The van der Waals surface area contributed by atoms with Gasteiger partial charge in [0.15, 0.2) is 0 Å². The summed E-state index contributed by atoms with van der Waals surface area (Å²) in [6.07, 6.45) is 1.69. The second-order valence-electron chi connectivity index (χ2n) is 6.28. The molecule has 0 atom stereocenters. The van der Waals surface area contributed by atoms with Gasteiger partial charge in [-0.15, -0.1) is 5.10 Å². The topological polar surface area (TPSA) is 52.4 Å². The highest BCUT2D eigenvalue weighted by molar-refractivity contribution is 6.34. The summed E-state index contributed by atoms with van der Waals surface area (Å²) in [5, 5.41) is 9.09. The highest BCUT2D eigenvalue weighted by atomic mass is 35.5. The van der Waals surface area contributed by atoms with E-state index in [2.05, 4.69) is 10.3 Å². The molecular formula is C19H17Cl2FN4O2. The van der Waals surface area contributed by atoms with Crippen molar-refractivity contribution in [3.63, 3.8) is 0 Å². The van der Waals surface area contributed by atoms with E-state index < -0.39 is 0 Å². The number of anilines is 1. The van der Waals surface area contributed by atoms with Gasteiger partial charge in [0.05, 0.1) is 30.8 Å². The Morgan fingerprint density at radius 1 is 1.07 bits per heavy atom. The smallest absolute Gasteiger partial charge is 0.148 e. The molecule has 3 aromatic rings. The van der Waals surface area contributed by atoms with E-state index in [1.54, 1.807) is 30.5 Å². The molecule has 0 aliphatic carbocycles. The summed E-state index contributed by atoms with van der Waals surface area (Å²) in [7, 11) is 0. The lowest BCUT2D eigenvalue weighted by atomic mass is 10.2. The first-order chi connectivity index (χ1) is 13.6. The molecule has 0 saturated carbocycles. The number of halogens is 3. The minimum Gasteiger partial charge on any atom is -0.487 e. The van der Waals surface area contributed by atoms with Crippen LogP contribution in [0.15, 0.2) is 42.6 Å². The van der Waals surface area contributed by atoms with Gasteiger partial charge in [-0.25, -0.2) is 9.07 Å². The van der Waals surface area contributed by atoms with Gasteiger partial charge < -0.3 is 14.4 Å². The SMILES string of the molecule is Fc1cc(-n2cc(COc3cc(Cl)cc(Cl)c3)nn2)ccc1N1CCOCC1. The molecule has 1 aliphatic rings. The van der Waals surface area contributed by atoms with Crippen molar-refractivity contribution in [1.82, 2.24) is 15.0 Å². The van der Waals surface area contributed by atoms with Crippen molar-refractivity contribution < 1.29 is 13.9 Å². The van der Waals surface area contributed by atoms with Gasteiger partial charge in [0.1, 0.15) is 23.9 Å². The molecule has 1 aromatic heterocycles. The molecule has 4 rings (SSSR count). The number of rotatable bonds is 5. The lowest BCUT2D eigenvalue weighted by molar-refractivity contribution is 0.122. The fraction of sp³-hybridized carbons (Fsp3) is 0.263. The normalized spacial score (nSPS) is 14.3. The Morgan fingerprint density at radius 3 is 2.54 bits per heavy atom. The van der Waals surface area contributed by atoms with Crippen molar-refractivity contribution in [2.75, 3.05) is 31.2 Å². The molecule has 6 nitrogen and oxygen atoms in total. The van der Waals surface area contributed by atoms with E-state index >= 15 is 0 Å². The van der Waals surface area contributed by atoms with Gasteiger partial charge >= 0.3 is 0 Å². The maximum atomic E-state index is 14.6. The largest absolute Gasteiger partial charge is 0.487 e. The molecule has 0 N–H and O–H groups in total. The van der Waals surface area contributed by atoms with Crippen LogP contribution in [0.1, 0.15) is 5.69 Å². The standard InChI is InChI=1S/C19H17Cl2FN4O2/c20-13-7-14(21)9-17(8-13)28-12-15-11-26(24-23-15)16-1-2-19(18(22)10-16)25-3-5-27-6-4-25/h1-2,7-11H,3-6,12H2. The van der Waals surface area contributed by atoms with Crippen LogP contribution < -0.4 is 9.64 Å². The van der Waals surface area contributed by atoms with Crippen LogP contribution in [0.2, 0.25) is 10.0 Å². The number of morpholine rings is 1. The molecule has 1 saturated heterocycles. The van der Waals surface area contributed by atoms with Gasteiger partial charge in [-0.3, -0.25) is 0 Å². The summed E-state index contributed by atoms with van der Waals surface area (Å²) in [4.78, 5) is 1.97. The van der Waals surface area contributed by atoms with Crippen molar-refractivity contribution in [2.45, 2.75) is 6.61 Å². The van der Waals surface area contributed by atoms with E-state index in [-0.39, 0.29) is 12.4 Å². The lowest BCUT2D eigenvalue weighted by Gasteiger charge is -2.29. The molecule has 9 heteroatoms. The Labute approximate surface area is 171 Å². The van der Waals surface area contributed by atoms with Crippen molar-refractivity contribution in [3.8, 4) is 11.4 Å². The average molecular weight is 423 g/mol. The summed E-state index contributed by atoms with van der Waals surface area (Å²) in [5.41, 5.74) is 1.74. The molecule has 0 radical (unpaired) electrons. The van der Waals surface area contributed by atoms with Crippen LogP contribution in [0.4, 0.5) is 10.1 Å². The fourth-order valence-corrected chi connectivity index (χ4v) is 3.46. The highest BCUT2D eigenvalue weighted by Gasteiger charge is 2.16. The first-order valence-corrected chi connectivity index (χ1v) is 9.47. The van der Waals surface area contributed by atoms with Crippen LogP contribution in [0.25, 0.3) is 5.69 Å². The molecule has 0 bridgehead atoms. The van der Waals surface area contributed by atoms with Crippen molar-refractivity contribution >= 4 is 28.9 Å². The summed E-state index contributed by atoms with van der Waals surface area (Å²) in [6, 6.07) is 9.96. The third-order valence-electron chi connectivity index (χ3n) is 4.31. The summed E-state index contributed by atoms with van der Waals surface area (Å²) >= 11 is 11.9. The molecule has 0 unspecified atom stereocenters.